The van der Waals surface area contributed by atoms with Crippen LogP contribution in [0.1, 0.15) is 0 Å². The van der Waals surface area contributed by atoms with Crippen molar-refractivity contribution in [3.05, 3.63) is 10.1 Å². The molecule has 5 N–H and O–H groups in total. The second-order valence-corrected chi connectivity index (χ2v) is 0.803. The van der Waals surface area contributed by atoms with E-state index in [0.717, 1.165) is 0 Å². The summed E-state index contributed by atoms with van der Waals surface area (Å²) in [6, 6.07) is 0. The monoisotopic (exact) mass is 187 g/mol. The SMILES string of the molecule is O=C(O)O.O=C(O)O.O=[N+]([O-])O. The van der Waals surface area contributed by atoms with Gasteiger partial charge >= 0.3 is 12.3 Å². The molecule has 0 atom stereocenters. The number of rotatable bonds is 0. The molecule has 0 aromatic carbocycles. The lowest BCUT2D eigenvalue weighted by Gasteiger charge is -1.60. The minimum absolute atomic E-state index is 1.50. The van der Waals surface area contributed by atoms with Gasteiger partial charge in [-0.05, 0) is 0 Å². The second kappa shape index (κ2) is 11.5. The summed E-state index contributed by atoms with van der Waals surface area (Å²) < 4.78 is 0. The molecule has 0 amide bonds. The van der Waals surface area contributed by atoms with Gasteiger partial charge in [0.1, 0.15) is 0 Å². The number of carbonyl (C=O) groups is 2. The largest absolute Gasteiger partial charge is 0.503 e. The molecule has 0 aliphatic carbocycles. The molecular formula is C2H5NO9. The van der Waals surface area contributed by atoms with Crippen LogP contribution in [0.5, 0.6) is 0 Å². The van der Waals surface area contributed by atoms with Crippen LogP contribution in [-0.4, -0.2) is 43.0 Å². The van der Waals surface area contributed by atoms with Gasteiger partial charge in [0.15, 0.2) is 0 Å². The Bertz CT molecular complexity index is 110. The van der Waals surface area contributed by atoms with Gasteiger partial charge in [0.25, 0.3) is 5.09 Å². The Morgan fingerprint density at radius 3 is 1.00 bits per heavy atom. The van der Waals surface area contributed by atoms with Crippen LogP contribution >= 0.6 is 0 Å². The Hall–Kier alpha value is -2.26. The lowest BCUT2D eigenvalue weighted by atomic mass is 11.5. The summed E-state index contributed by atoms with van der Waals surface area (Å²) in [7, 11) is 0. The highest BCUT2D eigenvalue weighted by Gasteiger charge is 1.70. The first-order valence-corrected chi connectivity index (χ1v) is 1.87. The highest BCUT2D eigenvalue weighted by atomic mass is 16.9. The van der Waals surface area contributed by atoms with Crippen molar-refractivity contribution in [1.29, 1.82) is 0 Å². The predicted octanol–water partition coefficient (Wildman–Crippen LogP) is 0.0971. The van der Waals surface area contributed by atoms with Gasteiger partial charge in [-0.15, -0.1) is 10.1 Å². The molecule has 12 heavy (non-hydrogen) atoms. The molecule has 10 nitrogen and oxygen atoms in total. The molecule has 0 rings (SSSR count). The van der Waals surface area contributed by atoms with Gasteiger partial charge in [0, 0.05) is 0 Å². The molecule has 0 aliphatic heterocycles. The van der Waals surface area contributed by atoms with Crippen LogP contribution in [0.3, 0.4) is 0 Å². The normalized spacial score (nSPS) is 6.00. The van der Waals surface area contributed by atoms with E-state index in [1.165, 1.54) is 0 Å². The molecule has 0 heterocycles. The van der Waals surface area contributed by atoms with Gasteiger partial charge in [-0.3, -0.25) is 0 Å². The highest BCUT2D eigenvalue weighted by molar-refractivity contribution is 5.53. The van der Waals surface area contributed by atoms with Crippen LogP contribution in [0, 0.1) is 10.1 Å². The van der Waals surface area contributed by atoms with E-state index in [9.17, 15) is 0 Å². The zero-order valence-corrected chi connectivity index (χ0v) is 5.32. The van der Waals surface area contributed by atoms with Crippen molar-refractivity contribution in [2.45, 2.75) is 0 Å². The van der Waals surface area contributed by atoms with Crippen LogP contribution in [0.15, 0.2) is 0 Å². The van der Waals surface area contributed by atoms with Gasteiger partial charge < -0.3 is 25.6 Å². The Morgan fingerprint density at radius 1 is 1.00 bits per heavy atom. The van der Waals surface area contributed by atoms with E-state index in [-0.39, 0.29) is 0 Å². The minimum atomic E-state index is -1.83. The Balaban J connectivity index is -0.000000101. The van der Waals surface area contributed by atoms with E-state index in [0.29, 0.717) is 0 Å². The second-order valence-electron chi connectivity index (χ2n) is 0.803. The fourth-order valence-corrected chi connectivity index (χ4v) is 0. The third kappa shape index (κ3) is 68.8. The Kier molecular flexibility index (Phi) is 15.7. The van der Waals surface area contributed by atoms with Crippen LogP contribution in [0.25, 0.3) is 0 Å². The smallest absolute Gasteiger partial charge is 0.450 e. The van der Waals surface area contributed by atoms with Crippen LogP contribution in [-0.2, 0) is 0 Å². The van der Waals surface area contributed by atoms with Crippen LogP contribution < -0.4 is 0 Å². The van der Waals surface area contributed by atoms with E-state index in [4.69, 9.17) is 45.3 Å². The lowest BCUT2D eigenvalue weighted by Crippen LogP contribution is -1.81. The predicted molar refractivity (Wildman–Crippen MR) is 30.1 cm³/mol. The maximum Gasteiger partial charge on any atom is 0.503 e. The summed E-state index contributed by atoms with van der Waals surface area (Å²) in [6.45, 7) is 0. The molecule has 10 heteroatoms. The van der Waals surface area contributed by atoms with Crippen LogP contribution in [0.4, 0.5) is 9.59 Å². The van der Waals surface area contributed by atoms with Gasteiger partial charge in [0.05, 0.1) is 0 Å². The molecular weight excluding hydrogens is 182 g/mol. The van der Waals surface area contributed by atoms with E-state index in [2.05, 4.69) is 0 Å². The topological polar surface area (TPSA) is 178 Å². The van der Waals surface area contributed by atoms with Gasteiger partial charge in [-0.2, -0.15) is 0 Å². The summed E-state index contributed by atoms with van der Waals surface area (Å²) in [5.41, 5.74) is 0. The molecule has 0 fully saturated rings. The molecule has 0 spiro atoms. The summed E-state index contributed by atoms with van der Waals surface area (Å²) in [5, 5.41) is 41.5. The van der Waals surface area contributed by atoms with Crippen molar-refractivity contribution >= 4 is 12.3 Å². The Labute approximate surface area is 64.0 Å². The van der Waals surface area contributed by atoms with Crippen LogP contribution in [0.2, 0.25) is 0 Å². The zero-order valence-electron chi connectivity index (χ0n) is 5.32. The van der Waals surface area contributed by atoms with E-state index in [1.54, 1.807) is 0 Å². The van der Waals surface area contributed by atoms with Crippen molar-refractivity contribution in [3.8, 4) is 0 Å². The fraction of sp³-hybridized carbons (Fsp3) is 0. The fourth-order valence-electron chi connectivity index (χ4n) is 0. The third-order valence-corrected chi connectivity index (χ3v) is 0. The zero-order chi connectivity index (χ0) is 10.7. The average molecular weight is 187 g/mol. The number of hydrogen-bond donors (Lipinski definition) is 5. The van der Waals surface area contributed by atoms with Gasteiger partial charge in [-0.25, -0.2) is 9.59 Å². The molecule has 0 saturated heterocycles. The van der Waals surface area contributed by atoms with E-state index >= 15 is 0 Å². The quantitative estimate of drug-likeness (QED) is 0.259. The van der Waals surface area contributed by atoms with Crippen molar-refractivity contribution < 1.29 is 40.3 Å². The minimum Gasteiger partial charge on any atom is -0.450 e. The summed E-state index contributed by atoms with van der Waals surface area (Å²) in [6.07, 6.45) is -3.67. The van der Waals surface area contributed by atoms with E-state index in [1.807, 2.05) is 0 Å². The first-order chi connectivity index (χ1) is 5.20. The molecule has 0 unspecified atom stereocenters. The van der Waals surface area contributed by atoms with Crippen molar-refractivity contribution in [3.63, 3.8) is 0 Å². The van der Waals surface area contributed by atoms with Crippen molar-refractivity contribution in [2.24, 2.45) is 0 Å². The highest BCUT2D eigenvalue weighted by Crippen LogP contribution is 1.43. The number of nitrogens with zero attached hydrogens (tertiary/aromatic N) is 1. The van der Waals surface area contributed by atoms with E-state index < -0.39 is 17.4 Å². The molecule has 0 saturated carbocycles. The maximum atomic E-state index is 8.56. The Morgan fingerprint density at radius 2 is 1.00 bits per heavy atom. The standard InChI is InChI=1S/2CH2O3.HNO3/c3*2-1(3)4/h2*(H2,2,3,4);(H,2,3,4). The van der Waals surface area contributed by atoms with Crippen molar-refractivity contribution in [2.75, 3.05) is 0 Å². The maximum absolute atomic E-state index is 8.56. The average Bonchev–Trinajstić information content (AvgIpc) is 1.54. The number of hydrogen-bond acceptors (Lipinski definition) is 4. The molecule has 72 valence electrons. The first kappa shape index (κ1) is 16.4. The molecule has 0 radical (unpaired) electrons. The molecule has 0 bridgehead atoms. The van der Waals surface area contributed by atoms with Gasteiger partial charge in [0.2, 0.25) is 0 Å². The first-order valence-electron chi connectivity index (χ1n) is 1.87. The molecule has 0 aromatic rings. The van der Waals surface area contributed by atoms with Crippen molar-refractivity contribution in [1.82, 2.24) is 0 Å². The summed E-state index contributed by atoms with van der Waals surface area (Å²) >= 11 is 0. The number of carboxylic acid groups (broad SMARTS) is 4. The van der Waals surface area contributed by atoms with Gasteiger partial charge in [-0.1, -0.05) is 0 Å². The summed E-state index contributed by atoms with van der Waals surface area (Å²) in [4.78, 5) is 25.5. The third-order valence-electron chi connectivity index (χ3n) is 0. The molecule has 0 aliphatic rings. The summed E-state index contributed by atoms with van der Waals surface area (Å²) in [5.74, 6) is 0. The molecule has 0 aromatic heterocycles. The lowest BCUT2D eigenvalue weighted by molar-refractivity contribution is -0.742.